The molecule has 1 N–H and O–H groups in total. The molecule has 2 aromatic carbocycles. The molecule has 0 atom stereocenters. The molecule has 1 saturated heterocycles. The number of rotatable bonds is 5. The van der Waals surface area contributed by atoms with Crippen LogP contribution in [0.3, 0.4) is 0 Å². The highest BCUT2D eigenvalue weighted by Crippen LogP contribution is 2.33. The largest absolute Gasteiger partial charge is 0.445 e. The van der Waals surface area contributed by atoms with Crippen molar-refractivity contribution in [2.75, 3.05) is 25.0 Å². The Kier molecular flexibility index (Phi) is 6.92. The number of benzene rings is 2. The number of nitrogens with one attached hydrogen (secondary N) is 1. The zero-order valence-electron chi connectivity index (χ0n) is 21.5. The summed E-state index contributed by atoms with van der Waals surface area (Å²) < 4.78 is 5.55. The first-order valence-corrected chi connectivity index (χ1v) is 12.8. The van der Waals surface area contributed by atoms with Gasteiger partial charge in [0.2, 0.25) is 5.95 Å². The number of fused-ring (bicyclic) bond motifs is 1. The Labute approximate surface area is 213 Å². The number of anilines is 2. The summed E-state index contributed by atoms with van der Waals surface area (Å²) in [6.07, 6.45) is 4.50. The monoisotopic (exact) mass is 485 g/mol. The molecular weight excluding hydrogens is 450 g/mol. The summed E-state index contributed by atoms with van der Waals surface area (Å²) in [5.41, 5.74) is 6.83. The number of aromatic nitrogens is 2. The van der Waals surface area contributed by atoms with Crippen LogP contribution in [-0.4, -0.2) is 51.0 Å². The second kappa shape index (κ2) is 10.3. The summed E-state index contributed by atoms with van der Waals surface area (Å²) in [7, 11) is 0. The molecule has 1 fully saturated rings. The number of carbonyl (C=O) groups excluding carboxylic acids is 1. The van der Waals surface area contributed by atoms with Crippen LogP contribution in [0, 0.1) is 13.8 Å². The van der Waals surface area contributed by atoms with Crippen LogP contribution < -0.4 is 5.32 Å². The second-order valence-corrected chi connectivity index (χ2v) is 10.4. The molecule has 0 spiro atoms. The highest BCUT2D eigenvalue weighted by molar-refractivity contribution is 5.67. The van der Waals surface area contributed by atoms with Crippen LogP contribution in [0.4, 0.5) is 16.4 Å². The first-order valence-electron chi connectivity index (χ1n) is 12.8. The van der Waals surface area contributed by atoms with Crippen LogP contribution in [0.15, 0.2) is 54.7 Å². The first-order chi connectivity index (χ1) is 17.4. The summed E-state index contributed by atoms with van der Waals surface area (Å²) in [6, 6.07) is 16.2. The minimum atomic E-state index is -0.220. The van der Waals surface area contributed by atoms with Crippen molar-refractivity contribution in [2.45, 2.75) is 58.7 Å². The van der Waals surface area contributed by atoms with Crippen molar-refractivity contribution in [3.05, 3.63) is 82.7 Å². The molecule has 0 aliphatic carbocycles. The molecule has 7 heteroatoms. The van der Waals surface area contributed by atoms with Crippen LogP contribution in [-0.2, 0) is 24.3 Å². The Morgan fingerprint density at radius 3 is 2.50 bits per heavy atom. The third-order valence-electron chi connectivity index (χ3n) is 7.48. The van der Waals surface area contributed by atoms with E-state index in [1.165, 1.54) is 16.7 Å². The average molecular weight is 486 g/mol. The number of ether oxygens (including phenoxy) is 1. The number of carbonyl (C=O) groups is 1. The minimum absolute atomic E-state index is 0.0455. The van der Waals surface area contributed by atoms with Gasteiger partial charge in [0.1, 0.15) is 6.61 Å². The maximum atomic E-state index is 12.6. The van der Waals surface area contributed by atoms with Crippen LogP contribution >= 0.6 is 0 Å². The number of aryl methyl sites for hydroxylation is 2. The van der Waals surface area contributed by atoms with Crippen LogP contribution in [0.1, 0.15) is 47.7 Å². The fourth-order valence-electron chi connectivity index (χ4n) is 5.31. The molecular formula is C29H35N5O2. The van der Waals surface area contributed by atoms with Gasteiger partial charge >= 0.3 is 6.09 Å². The quantitative estimate of drug-likeness (QED) is 0.523. The van der Waals surface area contributed by atoms with Gasteiger partial charge in [0, 0.05) is 55.6 Å². The van der Waals surface area contributed by atoms with Gasteiger partial charge < -0.3 is 15.0 Å². The van der Waals surface area contributed by atoms with Crippen LogP contribution in [0.25, 0.3) is 0 Å². The number of hydrogen-bond acceptors (Lipinski definition) is 6. The maximum Gasteiger partial charge on any atom is 0.410 e. The predicted molar refractivity (Wildman–Crippen MR) is 141 cm³/mol. The van der Waals surface area contributed by atoms with E-state index in [-0.39, 0.29) is 11.6 Å². The second-order valence-electron chi connectivity index (χ2n) is 10.4. The third-order valence-corrected chi connectivity index (χ3v) is 7.48. The van der Waals surface area contributed by atoms with Gasteiger partial charge in [0.15, 0.2) is 0 Å². The number of amides is 1. The predicted octanol–water partition coefficient (Wildman–Crippen LogP) is 5.39. The molecule has 1 aromatic heterocycles. The molecule has 188 valence electrons. The highest BCUT2D eigenvalue weighted by Gasteiger charge is 2.38. The van der Waals surface area contributed by atoms with Crippen molar-refractivity contribution in [3.8, 4) is 0 Å². The Hall–Kier alpha value is -3.45. The molecule has 0 radical (unpaired) electrons. The van der Waals surface area contributed by atoms with Crippen molar-refractivity contribution in [1.29, 1.82) is 0 Å². The third kappa shape index (κ3) is 5.51. The molecule has 0 saturated carbocycles. The Bertz CT molecular complexity index is 1200. The van der Waals surface area contributed by atoms with Gasteiger partial charge in [-0.25, -0.2) is 14.8 Å². The van der Waals surface area contributed by atoms with E-state index in [9.17, 15) is 4.79 Å². The van der Waals surface area contributed by atoms with E-state index < -0.39 is 0 Å². The maximum absolute atomic E-state index is 12.6. The Morgan fingerprint density at radius 1 is 1.06 bits per heavy atom. The van der Waals surface area contributed by atoms with Crippen molar-refractivity contribution < 1.29 is 9.53 Å². The molecule has 0 bridgehead atoms. The van der Waals surface area contributed by atoms with Crippen molar-refractivity contribution in [2.24, 2.45) is 0 Å². The zero-order chi connectivity index (χ0) is 25.1. The van der Waals surface area contributed by atoms with E-state index in [1.807, 2.05) is 41.4 Å². The van der Waals surface area contributed by atoms with Gasteiger partial charge in [-0.2, -0.15) is 0 Å². The van der Waals surface area contributed by atoms with E-state index in [0.717, 1.165) is 49.3 Å². The Balaban J connectivity index is 1.16. The van der Waals surface area contributed by atoms with E-state index in [0.29, 0.717) is 25.6 Å². The summed E-state index contributed by atoms with van der Waals surface area (Å²) >= 11 is 0. The molecule has 2 aliphatic heterocycles. The lowest BCUT2D eigenvalue weighted by Gasteiger charge is -2.48. The van der Waals surface area contributed by atoms with Gasteiger partial charge in [-0.15, -0.1) is 0 Å². The van der Waals surface area contributed by atoms with Gasteiger partial charge in [-0.05, 0) is 62.4 Å². The summed E-state index contributed by atoms with van der Waals surface area (Å²) in [6.45, 7) is 10.1. The lowest BCUT2D eigenvalue weighted by molar-refractivity contribution is 0.0178. The van der Waals surface area contributed by atoms with Gasteiger partial charge in [-0.1, -0.05) is 36.4 Å². The van der Waals surface area contributed by atoms with Gasteiger partial charge in [-0.3, -0.25) is 4.90 Å². The number of nitrogens with zero attached hydrogens (tertiary/aromatic N) is 4. The van der Waals surface area contributed by atoms with Crippen molar-refractivity contribution in [3.63, 3.8) is 0 Å². The molecule has 7 nitrogen and oxygen atoms in total. The molecule has 5 rings (SSSR count). The van der Waals surface area contributed by atoms with Crippen molar-refractivity contribution >= 4 is 17.7 Å². The standard InChI is InChI=1S/C29H35N5O2/c1-21-15-22(2)17-25(16-21)31-27-30-18-24-19-34(12-9-26(24)32-27)29(3)10-13-33(14-11-29)28(35)36-20-23-7-5-4-6-8-23/h4-8,15-18H,9-14,19-20H2,1-3H3,(H,30,31,32). The van der Waals surface area contributed by atoms with Gasteiger partial charge in [0.25, 0.3) is 0 Å². The molecule has 2 aliphatic rings. The fraction of sp³-hybridized carbons (Fsp3) is 0.414. The first kappa shape index (κ1) is 24.3. The molecule has 1 amide bonds. The molecule has 0 unspecified atom stereocenters. The Morgan fingerprint density at radius 2 is 1.78 bits per heavy atom. The average Bonchev–Trinajstić information content (AvgIpc) is 2.87. The highest BCUT2D eigenvalue weighted by atomic mass is 16.6. The molecule has 36 heavy (non-hydrogen) atoms. The van der Waals surface area contributed by atoms with E-state index >= 15 is 0 Å². The lowest BCUT2D eigenvalue weighted by Crippen LogP contribution is -2.55. The van der Waals surface area contributed by atoms with Gasteiger partial charge in [0.05, 0.1) is 5.69 Å². The number of hydrogen-bond donors (Lipinski definition) is 1. The lowest BCUT2D eigenvalue weighted by atomic mass is 9.86. The van der Waals surface area contributed by atoms with E-state index in [1.54, 1.807) is 0 Å². The summed E-state index contributed by atoms with van der Waals surface area (Å²) in [4.78, 5) is 26.4. The SMILES string of the molecule is Cc1cc(C)cc(Nc2ncc3c(n2)CCN(C2(C)CCN(C(=O)OCc4ccccc4)CC2)C3)c1. The normalized spacial score (nSPS) is 17.4. The number of likely N-dealkylation sites (tertiary alicyclic amines) is 1. The van der Waals surface area contributed by atoms with E-state index in [2.05, 4.69) is 54.2 Å². The summed E-state index contributed by atoms with van der Waals surface area (Å²) in [5, 5.41) is 3.37. The molecule has 3 heterocycles. The van der Waals surface area contributed by atoms with Crippen LogP contribution in [0.2, 0.25) is 0 Å². The van der Waals surface area contributed by atoms with Crippen molar-refractivity contribution in [1.82, 2.24) is 19.8 Å². The fourth-order valence-corrected chi connectivity index (χ4v) is 5.31. The van der Waals surface area contributed by atoms with E-state index in [4.69, 9.17) is 9.72 Å². The zero-order valence-corrected chi connectivity index (χ0v) is 21.5. The molecule has 3 aromatic rings. The van der Waals surface area contributed by atoms with Crippen LogP contribution in [0.5, 0.6) is 0 Å². The number of piperidine rings is 1. The smallest absolute Gasteiger partial charge is 0.410 e. The topological polar surface area (TPSA) is 70.6 Å². The summed E-state index contributed by atoms with van der Waals surface area (Å²) in [5.74, 6) is 0.653. The minimum Gasteiger partial charge on any atom is -0.445 e.